The van der Waals surface area contributed by atoms with Crippen molar-refractivity contribution in [3.8, 4) is 0 Å². The summed E-state index contributed by atoms with van der Waals surface area (Å²) in [6.45, 7) is 5.22. The Morgan fingerprint density at radius 1 is 1.38 bits per heavy atom. The lowest BCUT2D eigenvalue weighted by Gasteiger charge is -2.23. The first-order valence-corrected chi connectivity index (χ1v) is 4.92. The second-order valence-corrected chi connectivity index (χ2v) is 4.05. The predicted molar refractivity (Wildman–Crippen MR) is 53.7 cm³/mol. The minimum Gasteiger partial charge on any atom is -0.371 e. The number of hydrogen-bond acceptors (Lipinski definition) is 1. The third-order valence-corrected chi connectivity index (χ3v) is 2.85. The van der Waals surface area contributed by atoms with Crippen LogP contribution in [0.2, 0.25) is 0 Å². The van der Waals surface area contributed by atoms with Crippen molar-refractivity contribution < 1.29 is 4.74 Å². The van der Waals surface area contributed by atoms with Gasteiger partial charge in [0.25, 0.3) is 0 Å². The molecule has 0 radical (unpaired) electrons. The van der Waals surface area contributed by atoms with Gasteiger partial charge < -0.3 is 4.74 Å². The molecule has 0 N–H and O–H groups in total. The molecule has 1 fully saturated rings. The van der Waals surface area contributed by atoms with E-state index in [0.29, 0.717) is 0 Å². The van der Waals surface area contributed by atoms with Crippen LogP contribution in [0.25, 0.3) is 0 Å². The van der Waals surface area contributed by atoms with Crippen LogP contribution in [0.4, 0.5) is 0 Å². The summed E-state index contributed by atoms with van der Waals surface area (Å²) in [5, 5.41) is 0. The van der Waals surface area contributed by atoms with Gasteiger partial charge in [0.05, 0.1) is 5.60 Å². The van der Waals surface area contributed by atoms with E-state index in [1.807, 2.05) is 0 Å². The number of ether oxygens (including phenoxy) is 1. The van der Waals surface area contributed by atoms with E-state index in [-0.39, 0.29) is 5.60 Å². The Morgan fingerprint density at radius 2 is 2.23 bits per heavy atom. The molecule has 1 aromatic rings. The van der Waals surface area contributed by atoms with Crippen LogP contribution in [0.1, 0.15) is 30.9 Å². The molecule has 1 aromatic carbocycles. The van der Waals surface area contributed by atoms with Gasteiger partial charge in [-0.1, -0.05) is 29.8 Å². The van der Waals surface area contributed by atoms with Crippen molar-refractivity contribution in [2.24, 2.45) is 0 Å². The normalized spacial score (nSPS) is 27.8. The summed E-state index contributed by atoms with van der Waals surface area (Å²) in [6.07, 6.45) is 2.33. The lowest BCUT2D eigenvalue weighted by molar-refractivity contribution is 0.0168. The average Bonchev–Trinajstić information content (AvgIpc) is 2.54. The highest BCUT2D eigenvalue weighted by Crippen LogP contribution is 2.35. The molecule has 70 valence electrons. The summed E-state index contributed by atoms with van der Waals surface area (Å²) >= 11 is 0. The van der Waals surface area contributed by atoms with Crippen molar-refractivity contribution in [1.29, 1.82) is 0 Å². The Labute approximate surface area is 79.7 Å². The Morgan fingerprint density at radius 3 is 2.85 bits per heavy atom. The van der Waals surface area contributed by atoms with Crippen LogP contribution in [0.15, 0.2) is 24.3 Å². The number of hydrogen-bond donors (Lipinski definition) is 0. The fourth-order valence-corrected chi connectivity index (χ4v) is 1.98. The molecule has 0 spiro atoms. The van der Waals surface area contributed by atoms with Crippen molar-refractivity contribution in [2.45, 2.75) is 32.3 Å². The molecular formula is C12H16O. The minimum absolute atomic E-state index is 0.0218. The van der Waals surface area contributed by atoms with Gasteiger partial charge in [-0.2, -0.15) is 0 Å². The smallest absolute Gasteiger partial charge is 0.0904 e. The second-order valence-electron chi connectivity index (χ2n) is 4.05. The zero-order valence-corrected chi connectivity index (χ0v) is 8.34. The van der Waals surface area contributed by atoms with Crippen molar-refractivity contribution in [1.82, 2.24) is 0 Å². The van der Waals surface area contributed by atoms with Gasteiger partial charge in [0, 0.05) is 6.61 Å². The highest BCUT2D eigenvalue weighted by atomic mass is 16.5. The SMILES string of the molecule is Cc1cccc(C2(C)CCCO2)c1. The molecule has 1 atom stereocenters. The highest BCUT2D eigenvalue weighted by Gasteiger charge is 2.31. The lowest BCUT2D eigenvalue weighted by atomic mass is 9.92. The van der Waals surface area contributed by atoms with Gasteiger partial charge in [-0.25, -0.2) is 0 Å². The first-order chi connectivity index (χ1) is 6.21. The molecule has 1 aliphatic heterocycles. The van der Waals surface area contributed by atoms with E-state index in [1.54, 1.807) is 0 Å². The summed E-state index contributed by atoms with van der Waals surface area (Å²) in [5.41, 5.74) is 2.62. The van der Waals surface area contributed by atoms with Crippen LogP contribution in [-0.4, -0.2) is 6.61 Å². The molecule has 0 bridgehead atoms. The molecule has 1 nitrogen and oxygen atoms in total. The Hall–Kier alpha value is -0.820. The Bertz CT molecular complexity index is 298. The molecule has 0 aromatic heterocycles. The largest absolute Gasteiger partial charge is 0.371 e. The first-order valence-electron chi connectivity index (χ1n) is 4.92. The van der Waals surface area contributed by atoms with E-state index in [9.17, 15) is 0 Å². The maximum absolute atomic E-state index is 5.78. The maximum atomic E-state index is 5.78. The van der Waals surface area contributed by atoms with Crippen LogP contribution < -0.4 is 0 Å². The molecule has 0 amide bonds. The molecule has 1 aliphatic rings. The second kappa shape index (κ2) is 3.15. The van der Waals surface area contributed by atoms with Gasteiger partial charge in [-0.3, -0.25) is 0 Å². The first kappa shape index (κ1) is 8.76. The van der Waals surface area contributed by atoms with E-state index in [2.05, 4.69) is 38.1 Å². The van der Waals surface area contributed by atoms with E-state index in [4.69, 9.17) is 4.74 Å². The molecule has 2 rings (SSSR count). The van der Waals surface area contributed by atoms with Gasteiger partial charge in [0.1, 0.15) is 0 Å². The zero-order valence-electron chi connectivity index (χ0n) is 8.34. The molecule has 1 saturated heterocycles. The Kier molecular flexibility index (Phi) is 2.12. The van der Waals surface area contributed by atoms with Crippen molar-refractivity contribution in [2.75, 3.05) is 6.61 Å². The van der Waals surface area contributed by atoms with Crippen LogP contribution in [0.3, 0.4) is 0 Å². The van der Waals surface area contributed by atoms with E-state index in [1.165, 1.54) is 17.5 Å². The summed E-state index contributed by atoms with van der Waals surface area (Å²) < 4.78 is 5.78. The number of benzene rings is 1. The zero-order chi connectivity index (χ0) is 9.31. The average molecular weight is 176 g/mol. The minimum atomic E-state index is -0.0218. The molecule has 0 aliphatic carbocycles. The van der Waals surface area contributed by atoms with Gasteiger partial charge in [-0.05, 0) is 32.3 Å². The molecule has 1 heterocycles. The van der Waals surface area contributed by atoms with E-state index < -0.39 is 0 Å². The van der Waals surface area contributed by atoms with Gasteiger partial charge in [-0.15, -0.1) is 0 Å². The molecule has 1 heteroatoms. The molecular weight excluding hydrogens is 160 g/mol. The highest BCUT2D eigenvalue weighted by molar-refractivity contribution is 5.27. The summed E-state index contributed by atoms with van der Waals surface area (Å²) in [5.74, 6) is 0. The third-order valence-electron chi connectivity index (χ3n) is 2.85. The third kappa shape index (κ3) is 1.61. The quantitative estimate of drug-likeness (QED) is 0.639. The summed E-state index contributed by atoms with van der Waals surface area (Å²) in [7, 11) is 0. The fourth-order valence-electron chi connectivity index (χ4n) is 1.98. The molecule has 0 saturated carbocycles. The maximum Gasteiger partial charge on any atom is 0.0904 e. The molecule has 1 unspecified atom stereocenters. The van der Waals surface area contributed by atoms with Gasteiger partial charge in [0.15, 0.2) is 0 Å². The van der Waals surface area contributed by atoms with Crippen molar-refractivity contribution in [3.63, 3.8) is 0 Å². The topological polar surface area (TPSA) is 9.23 Å². The number of aryl methyl sites for hydroxylation is 1. The predicted octanol–water partition coefficient (Wildman–Crippen LogP) is 3.02. The van der Waals surface area contributed by atoms with Gasteiger partial charge >= 0.3 is 0 Å². The number of rotatable bonds is 1. The molecule has 13 heavy (non-hydrogen) atoms. The van der Waals surface area contributed by atoms with Crippen molar-refractivity contribution >= 4 is 0 Å². The van der Waals surface area contributed by atoms with Crippen LogP contribution in [0, 0.1) is 6.92 Å². The van der Waals surface area contributed by atoms with Gasteiger partial charge in [0.2, 0.25) is 0 Å². The monoisotopic (exact) mass is 176 g/mol. The standard InChI is InChI=1S/C12H16O/c1-10-5-3-6-11(9-10)12(2)7-4-8-13-12/h3,5-6,9H,4,7-8H2,1-2H3. The summed E-state index contributed by atoms with van der Waals surface area (Å²) in [4.78, 5) is 0. The van der Waals surface area contributed by atoms with Crippen LogP contribution in [0.5, 0.6) is 0 Å². The Balaban J connectivity index is 2.33. The lowest BCUT2D eigenvalue weighted by Crippen LogP contribution is -2.19. The van der Waals surface area contributed by atoms with Crippen molar-refractivity contribution in [3.05, 3.63) is 35.4 Å². The van der Waals surface area contributed by atoms with Crippen LogP contribution >= 0.6 is 0 Å². The van der Waals surface area contributed by atoms with Crippen LogP contribution in [-0.2, 0) is 10.3 Å². The van der Waals surface area contributed by atoms with E-state index in [0.717, 1.165) is 13.0 Å². The summed E-state index contributed by atoms with van der Waals surface area (Å²) in [6, 6.07) is 8.63. The fraction of sp³-hybridized carbons (Fsp3) is 0.500. The van der Waals surface area contributed by atoms with E-state index >= 15 is 0 Å².